The second-order valence-electron chi connectivity index (χ2n) is 3.88. The Kier molecular flexibility index (Phi) is 4.67. The first-order valence-corrected chi connectivity index (χ1v) is 8.09. The molecule has 0 saturated carbocycles. The van der Waals surface area contributed by atoms with Gasteiger partial charge in [0.25, 0.3) is 10.0 Å². The molecule has 0 atom stereocenters. The summed E-state index contributed by atoms with van der Waals surface area (Å²) in [6, 6.07) is 4.81. The van der Waals surface area contributed by atoms with E-state index in [1.807, 2.05) is 0 Å². The minimum atomic E-state index is -3.96. The molecule has 10 heteroatoms. The number of nitrogen functional groups attached to an aromatic ring is 1. The molecule has 0 aliphatic carbocycles. The van der Waals surface area contributed by atoms with E-state index >= 15 is 0 Å². The first kappa shape index (κ1) is 16.0. The molecule has 1 aromatic carbocycles. The molecule has 0 fully saturated rings. The van der Waals surface area contributed by atoms with Crippen molar-refractivity contribution in [1.82, 2.24) is 4.98 Å². The van der Waals surface area contributed by atoms with Crippen LogP contribution in [-0.4, -0.2) is 13.4 Å². The quantitative estimate of drug-likeness (QED) is 0.546. The van der Waals surface area contributed by atoms with E-state index in [4.69, 9.17) is 17.4 Å². The number of hydrazine groups is 1. The summed E-state index contributed by atoms with van der Waals surface area (Å²) < 4.78 is 40.2. The third-order valence-electron chi connectivity index (χ3n) is 2.44. The number of aromatic nitrogens is 1. The zero-order valence-electron chi connectivity index (χ0n) is 10.3. The van der Waals surface area contributed by atoms with E-state index in [9.17, 15) is 12.8 Å². The van der Waals surface area contributed by atoms with Crippen LogP contribution in [0.1, 0.15) is 0 Å². The molecular formula is C11H9BrClFN4O2S. The fourth-order valence-electron chi connectivity index (χ4n) is 1.45. The normalized spacial score (nSPS) is 11.2. The Morgan fingerprint density at radius 3 is 2.67 bits per heavy atom. The van der Waals surface area contributed by atoms with Crippen molar-refractivity contribution in [3.8, 4) is 0 Å². The average molecular weight is 396 g/mol. The van der Waals surface area contributed by atoms with Crippen molar-refractivity contribution in [3.05, 3.63) is 45.8 Å². The van der Waals surface area contributed by atoms with Gasteiger partial charge in [0, 0.05) is 10.7 Å². The van der Waals surface area contributed by atoms with Gasteiger partial charge in [-0.15, -0.1) is 0 Å². The molecule has 0 spiro atoms. The lowest BCUT2D eigenvalue weighted by Crippen LogP contribution is -2.15. The zero-order chi connectivity index (χ0) is 15.6. The lowest BCUT2D eigenvalue weighted by Gasteiger charge is -2.10. The molecule has 2 aromatic rings. The molecule has 21 heavy (non-hydrogen) atoms. The molecule has 112 valence electrons. The fraction of sp³-hybridized carbons (Fsp3) is 0. The molecule has 0 saturated heterocycles. The topological polar surface area (TPSA) is 97.1 Å². The van der Waals surface area contributed by atoms with E-state index in [1.165, 1.54) is 18.2 Å². The van der Waals surface area contributed by atoms with Gasteiger partial charge in [-0.25, -0.2) is 23.6 Å². The Hall–Kier alpha value is -1.42. The second-order valence-corrected chi connectivity index (χ2v) is 6.82. The minimum absolute atomic E-state index is 0.0404. The van der Waals surface area contributed by atoms with E-state index in [0.717, 1.165) is 12.3 Å². The maximum absolute atomic E-state index is 13.2. The van der Waals surface area contributed by atoms with Crippen LogP contribution in [0.5, 0.6) is 0 Å². The summed E-state index contributed by atoms with van der Waals surface area (Å²) in [5, 5.41) is 0.0404. The number of pyridine rings is 1. The van der Waals surface area contributed by atoms with Crippen LogP contribution in [0.3, 0.4) is 0 Å². The number of hydrogen-bond acceptors (Lipinski definition) is 5. The highest BCUT2D eigenvalue weighted by Crippen LogP contribution is 2.27. The van der Waals surface area contributed by atoms with Gasteiger partial charge in [-0.3, -0.25) is 4.72 Å². The van der Waals surface area contributed by atoms with Crippen molar-refractivity contribution in [2.75, 3.05) is 10.1 Å². The molecule has 0 bridgehead atoms. The van der Waals surface area contributed by atoms with Crippen molar-refractivity contribution >= 4 is 49.1 Å². The largest absolute Gasteiger partial charge is 0.307 e. The second kappa shape index (κ2) is 6.14. The van der Waals surface area contributed by atoms with Gasteiger partial charge in [-0.1, -0.05) is 11.6 Å². The molecule has 0 aliphatic heterocycles. The van der Waals surface area contributed by atoms with Gasteiger partial charge in [-0.2, -0.15) is 0 Å². The number of rotatable bonds is 4. The van der Waals surface area contributed by atoms with E-state index in [2.05, 4.69) is 31.1 Å². The van der Waals surface area contributed by atoms with Gasteiger partial charge in [0.15, 0.2) is 5.82 Å². The smallest absolute Gasteiger partial charge is 0.263 e. The Bertz CT molecular complexity index is 788. The van der Waals surface area contributed by atoms with E-state index in [1.54, 1.807) is 0 Å². The highest BCUT2D eigenvalue weighted by atomic mass is 79.9. The number of anilines is 2. The summed E-state index contributed by atoms with van der Waals surface area (Å²) in [7, 11) is -3.96. The Morgan fingerprint density at radius 2 is 2.05 bits per heavy atom. The fourth-order valence-corrected chi connectivity index (χ4v) is 3.26. The van der Waals surface area contributed by atoms with Crippen LogP contribution < -0.4 is 16.0 Å². The maximum atomic E-state index is 13.2. The molecule has 0 unspecified atom stereocenters. The van der Waals surface area contributed by atoms with E-state index in [0.29, 0.717) is 4.47 Å². The van der Waals surface area contributed by atoms with E-state index in [-0.39, 0.29) is 21.4 Å². The molecule has 6 nitrogen and oxygen atoms in total. The molecule has 0 radical (unpaired) electrons. The highest BCUT2D eigenvalue weighted by molar-refractivity contribution is 9.10. The third-order valence-corrected chi connectivity index (χ3v) is 4.75. The molecule has 2 rings (SSSR count). The van der Waals surface area contributed by atoms with Gasteiger partial charge < -0.3 is 5.43 Å². The summed E-state index contributed by atoms with van der Waals surface area (Å²) in [4.78, 5) is 3.59. The molecule has 0 aliphatic rings. The van der Waals surface area contributed by atoms with Crippen molar-refractivity contribution in [2.45, 2.75) is 4.90 Å². The minimum Gasteiger partial charge on any atom is -0.307 e. The van der Waals surface area contributed by atoms with Crippen molar-refractivity contribution < 1.29 is 12.8 Å². The van der Waals surface area contributed by atoms with Gasteiger partial charge in [0.1, 0.15) is 10.7 Å². The molecule has 1 heterocycles. The van der Waals surface area contributed by atoms with Crippen LogP contribution in [-0.2, 0) is 10.0 Å². The summed E-state index contributed by atoms with van der Waals surface area (Å²) in [6.45, 7) is 0. The SMILES string of the molecule is NNc1ncc(S(=O)(=O)Nc2cc(F)ccc2Br)cc1Cl. The number of benzene rings is 1. The van der Waals surface area contributed by atoms with Crippen LogP contribution in [0.25, 0.3) is 0 Å². The number of sulfonamides is 1. The first-order chi connectivity index (χ1) is 9.83. The predicted molar refractivity (Wildman–Crippen MR) is 82.0 cm³/mol. The van der Waals surface area contributed by atoms with Gasteiger partial charge in [0.05, 0.1) is 10.7 Å². The van der Waals surface area contributed by atoms with E-state index < -0.39 is 15.8 Å². The third kappa shape index (κ3) is 3.62. The van der Waals surface area contributed by atoms with Crippen molar-refractivity contribution in [2.24, 2.45) is 5.84 Å². The van der Waals surface area contributed by atoms with Crippen LogP contribution >= 0.6 is 27.5 Å². The number of nitrogens with two attached hydrogens (primary N) is 1. The highest BCUT2D eigenvalue weighted by Gasteiger charge is 2.18. The standard InChI is InChI=1S/C11H9BrClFN4O2S/c12-8-2-1-6(14)3-10(8)18-21(19,20)7-4-9(13)11(17-15)16-5-7/h1-5,18H,15H2,(H,16,17). The average Bonchev–Trinajstić information content (AvgIpc) is 2.42. The Labute approximate surface area is 133 Å². The number of hydrogen-bond donors (Lipinski definition) is 3. The number of nitrogens with one attached hydrogen (secondary N) is 2. The lowest BCUT2D eigenvalue weighted by molar-refractivity contribution is 0.600. The molecule has 0 amide bonds. The summed E-state index contributed by atoms with van der Waals surface area (Å²) in [5.74, 6) is 4.73. The molecular weight excluding hydrogens is 387 g/mol. The van der Waals surface area contributed by atoms with Gasteiger partial charge in [0.2, 0.25) is 0 Å². The number of nitrogens with zero attached hydrogens (tertiary/aromatic N) is 1. The summed E-state index contributed by atoms with van der Waals surface area (Å²) >= 11 is 8.96. The lowest BCUT2D eigenvalue weighted by atomic mass is 10.3. The van der Waals surface area contributed by atoms with Gasteiger partial charge in [-0.05, 0) is 40.2 Å². The van der Waals surface area contributed by atoms with Crippen LogP contribution in [0.4, 0.5) is 15.9 Å². The Balaban J connectivity index is 2.38. The zero-order valence-corrected chi connectivity index (χ0v) is 13.4. The summed E-state index contributed by atoms with van der Waals surface area (Å²) in [5.41, 5.74) is 2.29. The first-order valence-electron chi connectivity index (χ1n) is 5.43. The summed E-state index contributed by atoms with van der Waals surface area (Å²) in [6.07, 6.45) is 1.08. The van der Waals surface area contributed by atoms with Crippen molar-refractivity contribution in [1.29, 1.82) is 0 Å². The molecule has 1 aromatic heterocycles. The van der Waals surface area contributed by atoms with Gasteiger partial charge >= 0.3 is 0 Å². The maximum Gasteiger partial charge on any atom is 0.263 e. The van der Waals surface area contributed by atoms with Crippen molar-refractivity contribution in [3.63, 3.8) is 0 Å². The van der Waals surface area contributed by atoms with Crippen LogP contribution in [0.2, 0.25) is 5.02 Å². The number of halogens is 3. The van der Waals surface area contributed by atoms with Crippen LogP contribution in [0, 0.1) is 5.82 Å². The Morgan fingerprint density at radius 1 is 1.33 bits per heavy atom. The predicted octanol–water partition coefficient (Wildman–Crippen LogP) is 2.72. The van der Waals surface area contributed by atoms with Crippen LogP contribution in [0.15, 0.2) is 39.8 Å². The molecule has 4 N–H and O–H groups in total. The monoisotopic (exact) mass is 394 g/mol.